The molecule has 3 nitrogen and oxygen atoms in total. The lowest BCUT2D eigenvalue weighted by Crippen LogP contribution is -2.27. The maximum atomic E-state index is 9.69. The molecule has 0 spiro atoms. The van der Waals surface area contributed by atoms with E-state index < -0.39 is 0 Å². The third-order valence-corrected chi connectivity index (χ3v) is 4.13. The van der Waals surface area contributed by atoms with Crippen molar-refractivity contribution in [2.75, 3.05) is 19.8 Å². The lowest BCUT2D eigenvalue weighted by atomic mass is 9.80. The standard InChI is InChI=1S/C17H23NO2/c1-12-7-16(15(4)18-9-12)13(2)8-14(3)17(10-19)5-6-20-11-17/h7-9,19H,3,5-6,10-11H2,1-2,4H3/b13-8+. The zero-order valence-electron chi connectivity index (χ0n) is 12.6. The van der Waals surface area contributed by atoms with Crippen molar-refractivity contribution in [3.05, 3.63) is 47.3 Å². The number of aromatic nitrogens is 1. The van der Waals surface area contributed by atoms with Crippen LogP contribution in [0, 0.1) is 19.3 Å². The molecule has 2 rings (SSSR count). The molecule has 1 fully saturated rings. The summed E-state index contributed by atoms with van der Waals surface area (Å²) in [6.07, 6.45) is 4.77. The highest BCUT2D eigenvalue weighted by Crippen LogP contribution is 2.37. The van der Waals surface area contributed by atoms with Gasteiger partial charge >= 0.3 is 0 Å². The largest absolute Gasteiger partial charge is 0.395 e. The van der Waals surface area contributed by atoms with E-state index in [4.69, 9.17) is 4.74 Å². The van der Waals surface area contributed by atoms with Crippen LogP contribution in [-0.4, -0.2) is 29.9 Å². The summed E-state index contributed by atoms with van der Waals surface area (Å²) in [5.41, 5.74) is 5.05. The highest BCUT2D eigenvalue weighted by molar-refractivity contribution is 5.68. The van der Waals surface area contributed by atoms with Gasteiger partial charge in [0.15, 0.2) is 0 Å². The number of aliphatic hydroxyl groups excluding tert-OH is 1. The molecule has 1 atom stereocenters. The van der Waals surface area contributed by atoms with Crippen molar-refractivity contribution in [1.29, 1.82) is 0 Å². The predicted octanol–water partition coefficient (Wildman–Crippen LogP) is 3.06. The number of aliphatic hydroxyl groups is 1. The number of ether oxygens (including phenoxy) is 1. The van der Waals surface area contributed by atoms with E-state index >= 15 is 0 Å². The predicted molar refractivity (Wildman–Crippen MR) is 81.5 cm³/mol. The van der Waals surface area contributed by atoms with Gasteiger partial charge in [0.2, 0.25) is 0 Å². The molecule has 1 saturated heterocycles. The second-order valence-corrected chi connectivity index (χ2v) is 5.74. The van der Waals surface area contributed by atoms with E-state index in [2.05, 4.69) is 30.6 Å². The molecule has 0 aromatic carbocycles. The fraction of sp³-hybridized carbons (Fsp3) is 0.471. The number of hydrogen-bond donors (Lipinski definition) is 1. The van der Waals surface area contributed by atoms with Gasteiger partial charge in [-0.2, -0.15) is 0 Å². The Morgan fingerprint density at radius 1 is 1.55 bits per heavy atom. The van der Waals surface area contributed by atoms with Crippen LogP contribution in [0.2, 0.25) is 0 Å². The third-order valence-electron chi connectivity index (χ3n) is 4.13. The summed E-state index contributed by atoms with van der Waals surface area (Å²) < 4.78 is 5.44. The molecule has 0 radical (unpaired) electrons. The number of nitrogens with zero attached hydrogens (tertiary/aromatic N) is 1. The second-order valence-electron chi connectivity index (χ2n) is 5.74. The van der Waals surface area contributed by atoms with Crippen LogP contribution in [-0.2, 0) is 4.74 Å². The zero-order chi connectivity index (χ0) is 14.8. The fourth-order valence-corrected chi connectivity index (χ4v) is 2.62. The van der Waals surface area contributed by atoms with Gasteiger partial charge in [0.05, 0.1) is 13.2 Å². The molecular weight excluding hydrogens is 250 g/mol. The first kappa shape index (κ1) is 14.9. The van der Waals surface area contributed by atoms with E-state index in [9.17, 15) is 5.11 Å². The minimum absolute atomic E-state index is 0.0840. The molecule has 108 valence electrons. The molecule has 20 heavy (non-hydrogen) atoms. The van der Waals surface area contributed by atoms with Crippen molar-refractivity contribution in [1.82, 2.24) is 4.98 Å². The highest BCUT2D eigenvalue weighted by atomic mass is 16.5. The maximum absolute atomic E-state index is 9.69. The molecule has 0 aliphatic carbocycles. The Bertz CT molecular complexity index is 540. The Morgan fingerprint density at radius 3 is 2.90 bits per heavy atom. The smallest absolute Gasteiger partial charge is 0.0585 e. The number of hydrogen-bond acceptors (Lipinski definition) is 3. The molecule has 1 aromatic heterocycles. The summed E-state index contributed by atoms with van der Waals surface area (Å²) >= 11 is 0. The minimum Gasteiger partial charge on any atom is -0.395 e. The van der Waals surface area contributed by atoms with Gasteiger partial charge in [-0.3, -0.25) is 4.98 Å². The maximum Gasteiger partial charge on any atom is 0.0585 e. The quantitative estimate of drug-likeness (QED) is 0.857. The lowest BCUT2D eigenvalue weighted by Gasteiger charge is -2.26. The Hall–Kier alpha value is -1.45. The van der Waals surface area contributed by atoms with Gasteiger partial charge in [-0.25, -0.2) is 0 Å². The van der Waals surface area contributed by atoms with Gasteiger partial charge in [-0.05, 0) is 55.5 Å². The number of aryl methyl sites for hydroxylation is 2. The molecule has 1 aliphatic heterocycles. The van der Waals surface area contributed by atoms with Gasteiger partial charge in [0.1, 0.15) is 0 Å². The summed E-state index contributed by atoms with van der Waals surface area (Å²) in [4.78, 5) is 4.40. The van der Waals surface area contributed by atoms with E-state index in [1.807, 2.05) is 20.0 Å². The molecule has 0 saturated carbocycles. The molecule has 1 aliphatic rings. The average molecular weight is 273 g/mol. The Morgan fingerprint density at radius 2 is 2.30 bits per heavy atom. The summed E-state index contributed by atoms with van der Waals surface area (Å²) in [5, 5.41) is 9.69. The van der Waals surface area contributed by atoms with Crippen molar-refractivity contribution in [3.63, 3.8) is 0 Å². The van der Waals surface area contributed by atoms with Gasteiger partial charge < -0.3 is 9.84 Å². The van der Waals surface area contributed by atoms with Crippen molar-refractivity contribution < 1.29 is 9.84 Å². The Labute approximate surface area is 121 Å². The van der Waals surface area contributed by atoms with E-state index in [1.165, 1.54) is 0 Å². The van der Waals surface area contributed by atoms with Crippen molar-refractivity contribution in [2.24, 2.45) is 5.41 Å². The van der Waals surface area contributed by atoms with Crippen molar-refractivity contribution in [2.45, 2.75) is 27.2 Å². The van der Waals surface area contributed by atoms with Crippen LogP contribution in [0.25, 0.3) is 5.57 Å². The molecule has 0 amide bonds. The second kappa shape index (κ2) is 5.90. The molecule has 0 bridgehead atoms. The molecular formula is C17H23NO2. The van der Waals surface area contributed by atoms with E-state index in [-0.39, 0.29) is 12.0 Å². The van der Waals surface area contributed by atoms with E-state index in [0.717, 1.165) is 34.4 Å². The molecule has 1 N–H and O–H groups in total. The normalized spacial score (nSPS) is 23.1. The topological polar surface area (TPSA) is 42.4 Å². The average Bonchev–Trinajstić information content (AvgIpc) is 2.91. The molecule has 1 aromatic rings. The summed E-state index contributed by atoms with van der Waals surface area (Å²) in [5.74, 6) is 0. The van der Waals surface area contributed by atoms with E-state index in [1.54, 1.807) is 0 Å². The molecule has 2 heterocycles. The van der Waals surface area contributed by atoms with Gasteiger partial charge in [0.25, 0.3) is 0 Å². The van der Waals surface area contributed by atoms with Crippen molar-refractivity contribution in [3.8, 4) is 0 Å². The number of allylic oxidation sites excluding steroid dienone is 2. The Kier molecular flexibility index (Phi) is 4.41. The van der Waals surface area contributed by atoms with Crippen LogP contribution in [0.4, 0.5) is 0 Å². The first-order valence-corrected chi connectivity index (χ1v) is 6.98. The third kappa shape index (κ3) is 2.84. The van der Waals surface area contributed by atoms with Crippen molar-refractivity contribution >= 4 is 5.57 Å². The summed E-state index contributed by atoms with van der Waals surface area (Å²) in [7, 11) is 0. The van der Waals surface area contributed by atoms with Gasteiger partial charge in [-0.1, -0.05) is 12.7 Å². The van der Waals surface area contributed by atoms with Crippen LogP contribution >= 0.6 is 0 Å². The highest BCUT2D eigenvalue weighted by Gasteiger charge is 2.36. The van der Waals surface area contributed by atoms with Crippen LogP contribution in [0.1, 0.15) is 30.2 Å². The first-order chi connectivity index (χ1) is 9.48. The van der Waals surface area contributed by atoms with Crippen LogP contribution in [0.3, 0.4) is 0 Å². The lowest BCUT2D eigenvalue weighted by molar-refractivity contribution is 0.120. The SMILES string of the molecule is C=C(/C=C(\C)c1cc(C)cnc1C)C1(CO)CCOC1. The Balaban J connectivity index is 2.30. The molecule has 1 unspecified atom stereocenters. The zero-order valence-corrected chi connectivity index (χ0v) is 12.6. The first-order valence-electron chi connectivity index (χ1n) is 6.98. The van der Waals surface area contributed by atoms with Gasteiger partial charge in [0, 0.05) is 23.9 Å². The summed E-state index contributed by atoms with van der Waals surface area (Å²) in [6.45, 7) is 11.6. The van der Waals surface area contributed by atoms with Gasteiger partial charge in [-0.15, -0.1) is 0 Å². The monoisotopic (exact) mass is 273 g/mol. The van der Waals surface area contributed by atoms with Crippen LogP contribution in [0.5, 0.6) is 0 Å². The minimum atomic E-state index is -0.313. The fourth-order valence-electron chi connectivity index (χ4n) is 2.62. The number of pyridine rings is 1. The van der Waals surface area contributed by atoms with Crippen LogP contribution in [0.15, 0.2) is 30.5 Å². The summed E-state index contributed by atoms with van der Waals surface area (Å²) in [6, 6.07) is 2.14. The number of rotatable bonds is 4. The van der Waals surface area contributed by atoms with E-state index in [0.29, 0.717) is 13.2 Å². The van der Waals surface area contributed by atoms with Crippen LogP contribution < -0.4 is 0 Å². The molecule has 3 heteroatoms.